The van der Waals surface area contributed by atoms with E-state index in [1.54, 1.807) is 64.2 Å². The number of hydrogen-bond acceptors (Lipinski definition) is 0. The molecule has 0 amide bonds. The average molecular weight is 321 g/mol. The number of hydrogen-bond donors (Lipinski definition) is 0. The maximum atomic E-state index is 2.46. The van der Waals surface area contributed by atoms with Gasteiger partial charge >= 0.3 is 0 Å². The Bertz CT molecular complexity index is 283. The maximum absolute atomic E-state index is 2.46. The van der Waals surface area contributed by atoms with Gasteiger partial charge in [-0.2, -0.15) is 0 Å². The van der Waals surface area contributed by atoms with Gasteiger partial charge in [0.05, 0.1) is 0 Å². The highest BCUT2D eigenvalue weighted by molar-refractivity contribution is 4.85. The van der Waals surface area contributed by atoms with Crippen molar-refractivity contribution in [3.05, 3.63) is 0 Å². The lowest BCUT2D eigenvalue weighted by molar-refractivity contribution is 0.106. The van der Waals surface area contributed by atoms with Crippen LogP contribution in [0.3, 0.4) is 0 Å². The van der Waals surface area contributed by atoms with E-state index in [0.717, 1.165) is 35.5 Å². The van der Waals surface area contributed by atoms with Crippen LogP contribution in [-0.2, 0) is 0 Å². The zero-order chi connectivity index (χ0) is 16.7. The van der Waals surface area contributed by atoms with Gasteiger partial charge in [-0.15, -0.1) is 0 Å². The lowest BCUT2D eigenvalue weighted by atomic mass is 9.65. The summed E-state index contributed by atoms with van der Waals surface area (Å²) in [6.07, 6.45) is 20.1. The number of rotatable bonds is 3. The molecule has 0 aromatic heterocycles. The van der Waals surface area contributed by atoms with Crippen molar-refractivity contribution in [2.75, 3.05) is 0 Å². The van der Waals surface area contributed by atoms with Gasteiger partial charge in [0.1, 0.15) is 0 Å². The Morgan fingerprint density at radius 2 is 0.826 bits per heavy atom. The van der Waals surface area contributed by atoms with Gasteiger partial charge in [0.15, 0.2) is 0 Å². The highest BCUT2D eigenvalue weighted by Gasteiger charge is 2.33. The van der Waals surface area contributed by atoms with Crippen molar-refractivity contribution < 1.29 is 0 Å². The molecule has 0 spiro atoms. The molecule has 0 atom stereocenters. The van der Waals surface area contributed by atoms with E-state index in [9.17, 15) is 0 Å². The van der Waals surface area contributed by atoms with Crippen LogP contribution in [0.15, 0.2) is 0 Å². The van der Waals surface area contributed by atoms with Crippen LogP contribution in [0.1, 0.15) is 111 Å². The van der Waals surface area contributed by atoms with Crippen LogP contribution in [-0.4, -0.2) is 0 Å². The Balaban J connectivity index is 0.000000924. The van der Waals surface area contributed by atoms with Crippen LogP contribution in [0, 0.1) is 35.5 Å². The predicted molar refractivity (Wildman–Crippen MR) is 104 cm³/mol. The molecular formula is C23H44. The normalized spacial score (nSPS) is 41.7. The van der Waals surface area contributed by atoms with E-state index < -0.39 is 0 Å². The Hall–Kier alpha value is 0. The van der Waals surface area contributed by atoms with E-state index >= 15 is 0 Å². The molecule has 0 bridgehead atoms. The second-order valence-electron chi connectivity index (χ2n) is 8.88. The minimum atomic E-state index is 1.02. The quantitative estimate of drug-likeness (QED) is 0.496. The first-order valence-corrected chi connectivity index (χ1v) is 11.3. The van der Waals surface area contributed by atoms with Crippen molar-refractivity contribution in [2.24, 2.45) is 35.5 Å². The summed E-state index contributed by atoms with van der Waals surface area (Å²) in [5.74, 6) is 6.54. The van der Waals surface area contributed by atoms with Gasteiger partial charge in [0.25, 0.3) is 0 Å². The smallest absolute Gasteiger partial charge is 0.0386 e. The van der Waals surface area contributed by atoms with Gasteiger partial charge in [0.2, 0.25) is 0 Å². The monoisotopic (exact) mass is 320 g/mol. The van der Waals surface area contributed by atoms with Crippen LogP contribution < -0.4 is 0 Å². The standard InChI is InChI=1S/C21H38.C2H6/c1-3-17-6-10-19(11-7-17)21-14-12-20(13-15-21)18-8-4-16(2)5-9-18;1-2/h16-21H,3-15H2,1-2H3;1-2H3. The Labute approximate surface area is 147 Å². The molecule has 0 aromatic carbocycles. The topological polar surface area (TPSA) is 0 Å². The molecule has 0 aliphatic heterocycles. The molecule has 0 nitrogen and oxygen atoms in total. The van der Waals surface area contributed by atoms with Gasteiger partial charge in [-0.1, -0.05) is 59.8 Å². The Kier molecular flexibility index (Phi) is 8.48. The van der Waals surface area contributed by atoms with Crippen LogP contribution in [0.5, 0.6) is 0 Å². The zero-order valence-electron chi connectivity index (χ0n) is 16.7. The van der Waals surface area contributed by atoms with Crippen LogP contribution in [0.4, 0.5) is 0 Å². The molecule has 3 fully saturated rings. The maximum Gasteiger partial charge on any atom is -0.0386 e. The van der Waals surface area contributed by atoms with Crippen molar-refractivity contribution in [1.29, 1.82) is 0 Å². The summed E-state index contributed by atoms with van der Waals surface area (Å²) in [6, 6.07) is 0. The van der Waals surface area contributed by atoms with Gasteiger partial charge < -0.3 is 0 Å². The molecule has 0 radical (unpaired) electrons. The molecular weight excluding hydrogens is 276 g/mol. The van der Waals surface area contributed by atoms with E-state index in [2.05, 4.69) is 13.8 Å². The van der Waals surface area contributed by atoms with Crippen LogP contribution in [0.25, 0.3) is 0 Å². The largest absolute Gasteiger partial charge is 0.0683 e. The molecule has 23 heavy (non-hydrogen) atoms. The highest BCUT2D eigenvalue weighted by Crippen LogP contribution is 2.46. The molecule has 0 aromatic rings. The molecule has 0 saturated heterocycles. The lowest BCUT2D eigenvalue weighted by Gasteiger charge is -2.41. The van der Waals surface area contributed by atoms with E-state index in [-0.39, 0.29) is 0 Å². The van der Waals surface area contributed by atoms with Crippen molar-refractivity contribution in [3.8, 4) is 0 Å². The molecule has 136 valence electrons. The van der Waals surface area contributed by atoms with Crippen molar-refractivity contribution in [3.63, 3.8) is 0 Å². The molecule has 0 N–H and O–H groups in total. The van der Waals surface area contributed by atoms with E-state index in [4.69, 9.17) is 0 Å². The summed E-state index contributed by atoms with van der Waals surface area (Å²) in [7, 11) is 0. The van der Waals surface area contributed by atoms with E-state index in [0.29, 0.717) is 0 Å². The second-order valence-corrected chi connectivity index (χ2v) is 8.88. The third-order valence-electron chi connectivity index (χ3n) is 7.68. The molecule has 3 aliphatic carbocycles. The third-order valence-corrected chi connectivity index (χ3v) is 7.68. The molecule has 3 saturated carbocycles. The van der Waals surface area contributed by atoms with Gasteiger partial charge in [-0.05, 0) is 86.9 Å². The summed E-state index contributed by atoms with van der Waals surface area (Å²) in [4.78, 5) is 0. The molecule has 3 rings (SSSR count). The molecule has 0 heteroatoms. The third kappa shape index (κ3) is 5.50. The molecule has 0 unspecified atom stereocenters. The summed E-state index contributed by atoms with van der Waals surface area (Å²) < 4.78 is 0. The fraction of sp³-hybridized carbons (Fsp3) is 1.00. The molecule has 3 aliphatic rings. The highest BCUT2D eigenvalue weighted by atomic mass is 14.4. The predicted octanol–water partition coefficient (Wildman–Crippen LogP) is 7.86. The first-order chi connectivity index (χ1) is 11.3. The lowest BCUT2D eigenvalue weighted by Crippen LogP contribution is -2.29. The second kappa shape index (κ2) is 10.1. The summed E-state index contributed by atoms with van der Waals surface area (Å²) >= 11 is 0. The summed E-state index contributed by atoms with van der Waals surface area (Å²) in [6.45, 7) is 8.85. The van der Waals surface area contributed by atoms with Crippen molar-refractivity contribution >= 4 is 0 Å². The Morgan fingerprint density at radius 1 is 0.522 bits per heavy atom. The van der Waals surface area contributed by atoms with Gasteiger partial charge in [0, 0.05) is 0 Å². The first-order valence-electron chi connectivity index (χ1n) is 11.3. The van der Waals surface area contributed by atoms with Gasteiger partial charge in [-0.3, -0.25) is 0 Å². The summed E-state index contributed by atoms with van der Waals surface area (Å²) in [5.41, 5.74) is 0. The zero-order valence-corrected chi connectivity index (χ0v) is 16.7. The summed E-state index contributed by atoms with van der Waals surface area (Å²) in [5, 5.41) is 0. The average Bonchev–Trinajstić information content (AvgIpc) is 2.64. The van der Waals surface area contributed by atoms with Crippen molar-refractivity contribution in [1.82, 2.24) is 0 Å². The first kappa shape index (κ1) is 19.3. The molecule has 0 heterocycles. The van der Waals surface area contributed by atoms with Gasteiger partial charge in [-0.25, -0.2) is 0 Å². The minimum absolute atomic E-state index is 1.02. The Morgan fingerprint density at radius 3 is 1.17 bits per heavy atom. The van der Waals surface area contributed by atoms with Crippen molar-refractivity contribution in [2.45, 2.75) is 111 Å². The fourth-order valence-electron chi connectivity index (χ4n) is 5.91. The minimum Gasteiger partial charge on any atom is -0.0683 e. The fourth-order valence-corrected chi connectivity index (χ4v) is 5.91. The van der Waals surface area contributed by atoms with E-state index in [1.807, 2.05) is 13.8 Å². The SMILES string of the molecule is CC.CCC1CCC(C2CCC(C3CCC(C)CC3)CC2)CC1. The van der Waals surface area contributed by atoms with Crippen LogP contribution >= 0.6 is 0 Å². The van der Waals surface area contributed by atoms with E-state index in [1.165, 1.54) is 19.3 Å². The van der Waals surface area contributed by atoms with Crippen LogP contribution in [0.2, 0.25) is 0 Å².